The summed E-state index contributed by atoms with van der Waals surface area (Å²) in [5.41, 5.74) is -0.317. The third-order valence-electron chi connectivity index (χ3n) is 2.77. The number of hydrogen-bond acceptors (Lipinski definition) is 1. The molecule has 4 heteroatoms. The summed E-state index contributed by atoms with van der Waals surface area (Å²) in [7, 11) is 1.60. The van der Waals surface area contributed by atoms with Crippen molar-refractivity contribution in [1.82, 2.24) is 4.90 Å². The van der Waals surface area contributed by atoms with Crippen LogP contribution in [-0.2, 0) is 4.79 Å². The second kappa shape index (κ2) is 3.24. The lowest BCUT2D eigenvalue weighted by molar-refractivity contribution is -0.127. The maximum absolute atomic E-state index is 12.2. The van der Waals surface area contributed by atoms with E-state index in [1.165, 1.54) is 4.90 Å². The molecule has 1 rings (SSSR count). The van der Waals surface area contributed by atoms with E-state index in [0.29, 0.717) is 6.42 Å². The third-order valence-corrected chi connectivity index (χ3v) is 2.77. The Hall–Kier alpha value is -0.670. The summed E-state index contributed by atoms with van der Waals surface area (Å²) in [6, 6.07) is -0.319. The first-order chi connectivity index (χ1) is 5.84. The Morgan fingerprint density at radius 1 is 1.62 bits per heavy atom. The molecule has 1 saturated heterocycles. The van der Waals surface area contributed by atoms with Gasteiger partial charge in [-0.2, -0.15) is 0 Å². The van der Waals surface area contributed by atoms with Crippen LogP contribution in [0.1, 0.15) is 26.7 Å². The molecule has 1 aliphatic heterocycles. The zero-order valence-corrected chi connectivity index (χ0v) is 8.18. The van der Waals surface area contributed by atoms with Crippen molar-refractivity contribution in [2.75, 3.05) is 7.05 Å². The third kappa shape index (κ3) is 1.98. The molecule has 2 nitrogen and oxygen atoms in total. The topological polar surface area (TPSA) is 20.3 Å². The van der Waals surface area contributed by atoms with Crippen molar-refractivity contribution in [3.05, 3.63) is 0 Å². The molecule has 1 unspecified atom stereocenters. The lowest BCUT2D eigenvalue weighted by Gasteiger charge is -2.29. The van der Waals surface area contributed by atoms with Gasteiger partial charge in [-0.05, 0) is 5.41 Å². The monoisotopic (exact) mass is 191 g/mol. The number of carbonyl (C=O) groups is 1. The van der Waals surface area contributed by atoms with Crippen molar-refractivity contribution in [3.8, 4) is 0 Å². The molecule has 1 aliphatic rings. The predicted octanol–water partition coefficient (Wildman–Crippen LogP) is 1.90. The van der Waals surface area contributed by atoms with Crippen molar-refractivity contribution in [3.63, 3.8) is 0 Å². The minimum atomic E-state index is -2.34. The van der Waals surface area contributed by atoms with Gasteiger partial charge in [0, 0.05) is 25.9 Å². The summed E-state index contributed by atoms with van der Waals surface area (Å²) in [5.74, 6) is -0.0318. The van der Waals surface area contributed by atoms with Crippen LogP contribution in [0, 0.1) is 5.41 Å². The predicted molar refractivity (Wildman–Crippen MR) is 45.6 cm³/mol. The quantitative estimate of drug-likeness (QED) is 0.652. The fraction of sp³-hybridized carbons (Fsp3) is 0.889. The Balaban J connectivity index is 2.75. The highest BCUT2D eigenvalue weighted by Gasteiger charge is 2.44. The molecule has 1 atom stereocenters. The highest BCUT2D eigenvalue weighted by atomic mass is 19.3. The van der Waals surface area contributed by atoms with Crippen LogP contribution in [0.4, 0.5) is 8.78 Å². The van der Waals surface area contributed by atoms with Crippen LogP contribution in [0.25, 0.3) is 0 Å². The lowest BCUT2D eigenvalue weighted by Crippen LogP contribution is -2.36. The lowest BCUT2D eigenvalue weighted by atomic mass is 9.83. The minimum Gasteiger partial charge on any atom is -0.342 e. The normalized spacial score (nSPS) is 27.4. The number of carbonyl (C=O) groups excluding carboxylic acids is 1. The summed E-state index contributed by atoms with van der Waals surface area (Å²) < 4.78 is 24.4. The number of alkyl halides is 2. The molecular formula is C9H15F2NO. The van der Waals surface area contributed by atoms with E-state index in [1.807, 2.05) is 13.8 Å². The first-order valence-corrected chi connectivity index (χ1v) is 4.38. The van der Waals surface area contributed by atoms with Gasteiger partial charge >= 0.3 is 0 Å². The molecule has 0 radical (unpaired) electrons. The molecule has 0 spiro atoms. The van der Waals surface area contributed by atoms with Gasteiger partial charge in [0.2, 0.25) is 12.3 Å². The van der Waals surface area contributed by atoms with Crippen molar-refractivity contribution in [2.45, 2.75) is 39.2 Å². The van der Waals surface area contributed by atoms with E-state index in [-0.39, 0.29) is 23.8 Å². The van der Waals surface area contributed by atoms with Crippen molar-refractivity contribution < 1.29 is 13.6 Å². The number of hydrogen-bond donors (Lipinski definition) is 0. The smallest absolute Gasteiger partial charge is 0.240 e. The summed E-state index contributed by atoms with van der Waals surface area (Å²) in [5, 5.41) is 0. The average molecular weight is 191 g/mol. The summed E-state index contributed by atoms with van der Waals surface area (Å²) >= 11 is 0. The largest absolute Gasteiger partial charge is 0.342 e. The SMILES string of the molecule is CN1C(=O)CC(C)(C)C1CC(F)F. The Bertz CT molecular complexity index is 216. The van der Waals surface area contributed by atoms with Gasteiger partial charge in [0.1, 0.15) is 0 Å². The molecule has 1 heterocycles. The fourth-order valence-electron chi connectivity index (χ4n) is 1.98. The maximum atomic E-state index is 12.2. The van der Waals surface area contributed by atoms with Gasteiger partial charge in [-0.25, -0.2) is 8.78 Å². The van der Waals surface area contributed by atoms with Crippen molar-refractivity contribution >= 4 is 5.91 Å². The van der Waals surface area contributed by atoms with Crippen LogP contribution < -0.4 is 0 Å². The van der Waals surface area contributed by atoms with Gasteiger partial charge in [-0.3, -0.25) is 4.79 Å². The number of amides is 1. The maximum Gasteiger partial charge on any atom is 0.240 e. The molecule has 0 aromatic carbocycles. The molecule has 0 aromatic rings. The number of likely N-dealkylation sites (tertiary alicyclic amines) is 1. The standard InChI is InChI=1S/C9H15F2NO/c1-9(2)5-8(13)12(3)6(9)4-7(10)11/h6-7H,4-5H2,1-3H3. The fourth-order valence-corrected chi connectivity index (χ4v) is 1.98. The number of rotatable bonds is 2. The molecule has 13 heavy (non-hydrogen) atoms. The van der Waals surface area contributed by atoms with Crippen LogP contribution in [0.3, 0.4) is 0 Å². The van der Waals surface area contributed by atoms with Gasteiger partial charge in [0.05, 0.1) is 0 Å². The second-order valence-electron chi connectivity index (χ2n) is 4.31. The van der Waals surface area contributed by atoms with Crippen LogP contribution >= 0.6 is 0 Å². The van der Waals surface area contributed by atoms with Gasteiger partial charge in [0.25, 0.3) is 0 Å². The molecule has 76 valence electrons. The summed E-state index contributed by atoms with van der Waals surface area (Å²) in [4.78, 5) is 12.7. The average Bonchev–Trinajstić information content (AvgIpc) is 2.12. The van der Waals surface area contributed by atoms with Crippen LogP contribution in [0.15, 0.2) is 0 Å². The van der Waals surface area contributed by atoms with E-state index in [1.54, 1.807) is 7.05 Å². The van der Waals surface area contributed by atoms with E-state index < -0.39 is 6.43 Å². The Morgan fingerprint density at radius 3 is 2.46 bits per heavy atom. The summed E-state index contributed by atoms with van der Waals surface area (Å²) in [6.07, 6.45) is -2.17. The van der Waals surface area contributed by atoms with E-state index in [2.05, 4.69) is 0 Å². The zero-order valence-electron chi connectivity index (χ0n) is 8.18. The summed E-state index contributed by atoms with van der Waals surface area (Å²) in [6.45, 7) is 3.73. The molecule has 0 aromatic heterocycles. The molecule has 0 bridgehead atoms. The molecule has 0 aliphatic carbocycles. The van der Waals surface area contributed by atoms with Gasteiger partial charge in [-0.15, -0.1) is 0 Å². The van der Waals surface area contributed by atoms with Gasteiger partial charge < -0.3 is 4.90 Å². The Kier molecular flexibility index (Phi) is 2.59. The van der Waals surface area contributed by atoms with E-state index in [4.69, 9.17) is 0 Å². The first-order valence-electron chi connectivity index (χ1n) is 4.38. The van der Waals surface area contributed by atoms with E-state index in [0.717, 1.165) is 0 Å². The molecule has 1 amide bonds. The van der Waals surface area contributed by atoms with E-state index >= 15 is 0 Å². The van der Waals surface area contributed by atoms with Crippen LogP contribution in [-0.4, -0.2) is 30.3 Å². The van der Waals surface area contributed by atoms with Crippen LogP contribution in [0.2, 0.25) is 0 Å². The first kappa shape index (κ1) is 10.4. The van der Waals surface area contributed by atoms with Gasteiger partial charge in [0.15, 0.2) is 0 Å². The van der Waals surface area contributed by atoms with Gasteiger partial charge in [-0.1, -0.05) is 13.8 Å². The minimum absolute atomic E-state index is 0.0318. The second-order valence-corrected chi connectivity index (χ2v) is 4.31. The molecule has 0 saturated carbocycles. The molecule has 0 N–H and O–H groups in total. The van der Waals surface area contributed by atoms with Crippen molar-refractivity contribution in [2.24, 2.45) is 5.41 Å². The highest BCUT2D eigenvalue weighted by Crippen LogP contribution is 2.38. The highest BCUT2D eigenvalue weighted by molar-refractivity contribution is 5.79. The number of nitrogens with zero attached hydrogens (tertiary/aromatic N) is 1. The number of halogens is 2. The zero-order chi connectivity index (χ0) is 10.2. The molecule has 1 fully saturated rings. The van der Waals surface area contributed by atoms with E-state index in [9.17, 15) is 13.6 Å². The van der Waals surface area contributed by atoms with Crippen LogP contribution in [0.5, 0.6) is 0 Å². The van der Waals surface area contributed by atoms with Crippen molar-refractivity contribution in [1.29, 1.82) is 0 Å². The Labute approximate surface area is 76.9 Å². The Morgan fingerprint density at radius 2 is 2.15 bits per heavy atom. The molecular weight excluding hydrogens is 176 g/mol.